The molecule has 0 N–H and O–H groups in total. The van der Waals surface area contributed by atoms with E-state index in [0.29, 0.717) is 28.9 Å². The number of hydrogen-bond donors (Lipinski definition) is 0. The van der Waals surface area contributed by atoms with Crippen LogP contribution in [0.4, 0.5) is 0 Å². The summed E-state index contributed by atoms with van der Waals surface area (Å²) in [7, 11) is 0. The third-order valence-corrected chi connectivity index (χ3v) is 3.96. The van der Waals surface area contributed by atoms with Crippen molar-refractivity contribution in [3.63, 3.8) is 0 Å². The quantitative estimate of drug-likeness (QED) is 0.407. The molecule has 0 spiro atoms. The molecule has 0 bridgehead atoms. The van der Waals surface area contributed by atoms with Crippen LogP contribution >= 0.6 is 11.8 Å². The number of hydrogen-bond acceptors (Lipinski definition) is 6. The molecule has 0 saturated carbocycles. The Morgan fingerprint density at radius 2 is 2.00 bits per heavy atom. The SMILES string of the molecule is Cc1cc(C)n2nc(SCCOC(=O)c3ccccc3)nc2n1. The molecule has 6 nitrogen and oxygen atoms in total. The lowest BCUT2D eigenvalue weighted by molar-refractivity contribution is 0.0530. The predicted octanol–water partition coefficient (Wildman–Crippen LogP) is 2.69. The van der Waals surface area contributed by atoms with Crippen LogP contribution in [-0.2, 0) is 4.74 Å². The number of thioether (sulfide) groups is 1. The number of esters is 1. The van der Waals surface area contributed by atoms with Gasteiger partial charge in [-0.1, -0.05) is 30.0 Å². The van der Waals surface area contributed by atoms with Crippen LogP contribution in [0.2, 0.25) is 0 Å². The molecule has 23 heavy (non-hydrogen) atoms. The molecule has 0 aliphatic rings. The summed E-state index contributed by atoms with van der Waals surface area (Å²) in [4.78, 5) is 20.5. The Hall–Kier alpha value is -2.41. The van der Waals surface area contributed by atoms with Crippen molar-refractivity contribution >= 4 is 23.5 Å². The zero-order valence-corrected chi connectivity index (χ0v) is 13.7. The van der Waals surface area contributed by atoms with Crippen LogP contribution in [0.5, 0.6) is 0 Å². The summed E-state index contributed by atoms with van der Waals surface area (Å²) in [5, 5.41) is 5.02. The Kier molecular flexibility index (Phi) is 4.57. The Bertz CT molecular complexity index is 833. The molecule has 2 heterocycles. The van der Waals surface area contributed by atoms with E-state index in [4.69, 9.17) is 4.74 Å². The van der Waals surface area contributed by atoms with Crippen molar-refractivity contribution in [2.45, 2.75) is 19.0 Å². The number of nitrogens with zero attached hydrogens (tertiary/aromatic N) is 4. The molecule has 2 aromatic heterocycles. The fourth-order valence-corrected chi connectivity index (χ4v) is 2.77. The van der Waals surface area contributed by atoms with Gasteiger partial charge in [0.05, 0.1) is 5.56 Å². The van der Waals surface area contributed by atoms with Gasteiger partial charge < -0.3 is 4.74 Å². The first-order chi connectivity index (χ1) is 11.1. The van der Waals surface area contributed by atoms with Gasteiger partial charge in [-0.2, -0.15) is 4.98 Å². The standard InChI is InChI=1S/C16H16N4O2S/c1-11-10-12(2)20-15(17-11)18-16(19-20)23-9-8-22-14(21)13-6-4-3-5-7-13/h3-7,10H,8-9H2,1-2H3. The Morgan fingerprint density at radius 1 is 1.22 bits per heavy atom. The summed E-state index contributed by atoms with van der Waals surface area (Å²) in [5.41, 5.74) is 2.46. The number of carbonyl (C=O) groups excluding carboxylic acids is 1. The first kappa shape index (κ1) is 15.5. The molecule has 7 heteroatoms. The minimum atomic E-state index is -0.317. The molecule has 0 saturated heterocycles. The van der Waals surface area contributed by atoms with Crippen molar-refractivity contribution < 1.29 is 9.53 Å². The van der Waals surface area contributed by atoms with E-state index < -0.39 is 0 Å². The van der Waals surface area contributed by atoms with Crippen molar-refractivity contribution in [2.75, 3.05) is 12.4 Å². The minimum absolute atomic E-state index is 0.305. The molecule has 0 radical (unpaired) electrons. The van der Waals surface area contributed by atoms with E-state index in [1.165, 1.54) is 11.8 Å². The average Bonchev–Trinajstić information content (AvgIpc) is 2.95. The molecule has 3 rings (SSSR count). The second-order valence-electron chi connectivity index (χ2n) is 5.00. The molecule has 118 valence electrons. The highest BCUT2D eigenvalue weighted by atomic mass is 32.2. The van der Waals surface area contributed by atoms with Gasteiger partial charge in [0.25, 0.3) is 5.78 Å². The van der Waals surface area contributed by atoms with Gasteiger partial charge in [0.15, 0.2) is 0 Å². The number of fused-ring (bicyclic) bond motifs is 1. The highest BCUT2D eigenvalue weighted by Gasteiger charge is 2.09. The summed E-state index contributed by atoms with van der Waals surface area (Å²) in [6.07, 6.45) is 0. The fraction of sp³-hybridized carbons (Fsp3) is 0.250. The first-order valence-corrected chi connectivity index (χ1v) is 8.18. The van der Waals surface area contributed by atoms with Crippen molar-refractivity contribution in [2.24, 2.45) is 0 Å². The summed E-state index contributed by atoms with van der Waals surface area (Å²) >= 11 is 1.44. The smallest absolute Gasteiger partial charge is 0.338 e. The fourth-order valence-electron chi connectivity index (χ4n) is 2.13. The van der Waals surface area contributed by atoms with E-state index in [1.54, 1.807) is 16.6 Å². The molecule has 0 atom stereocenters. The van der Waals surface area contributed by atoms with Crippen LogP contribution < -0.4 is 0 Å². The molecule has 0 aliphatic carbocycles. The third-order valence-electron chi connectivity index (χ3n) is 3.16. The van der Waals surface area contributed by atoms with E-state index in [1.807, 2.05) is 38.1 Å². The van der Waals surface area contributed by atoms with Crippen molar-refractivity contribution in [1.29, 1.82) is 0 Å². The molecular weight excluding hydrogens is 312 g/mol. The predicted molar refractivity (Wildman–Crippen MR) is 87.7 cm³/mol. The van der Waals surface area contributed by atoms with Gasteiger partial charge in [0.1, 0.15) is 6.61 Å². The van der Waals surface area contributed by atoms with Gasteiger partial charge in [-0.15, -0.1) is 5.10 Å². The maximum atomic E-state index is 11.8. The number of aryl methyl sites for hydroxylation is 2. The normalized spacial score (nSPS) is 10.9. The summed E-state index contributed by atoms with van der Waals surface area (Å²) in [5.74, 6) is 0.863. The van der Waals surface area contributed by atoms with E-state index in [9.17, 15) is 4.79 Å². The number of rotatable bonds is 5. The van der Waals surface area contributed by atoms with Crippen LogP contribution in [0.15, 0.2) is 41.6 Å². The zero-order chi connectivity index (χ0) is 16.2. The lowest BCUT2D eigenvalue weighted by Crippen LogP contribution is -2.07. The molecule has 0 unspecified atom stereocenters. The molecule has 3 aromatic rings. The van der Waals surface area contributed by atoms with Gasteiger partial charge in [0, 0.05) is 17.1 Å². The van der Waals surface area contributed by atoms with E-state index >= 15 is 0 Å². The Labute approximate surface area is 137 Å². The van der Waals surface area contributed by atoms with Crippen molar-refractivity contribution in [1.82, 2.24) is 19.6 Å². The van der Waals surface area contributed by atoms with E-state index in [-0.39, 0.29) is 5.97 Å². The summed E-state index contributed by atoms with van der Waals surface area (Å²) < 4.78 is 6.94. The zero-order valence-electron chi connectivity index (χ0n) is 12.9. The van der Waals surface area contributed by atoms with Gasteiger partial charge in [-0.05, 0) is 32.0 Å². The topological polar surface area (TPSA) is 69.4 Å². The van der Waals surface area contributed by atoms with E-state index in [2.05, 4.69) is 15.1 Å². The van der Waals surface area contributed by atoms with Gasteiger partial charge in [-0.25, -0.2) is 14.3 Å². The maximum absolute atomic E-state index is 11.8. The number of aromatic nitrogens is 4. The van der Waals surface area contributed by atoms with Crippen molar-refractivity contribution in [3.8, 4) is 0 Å². The van der Waals surface area contributed by atoms with E-state index in [0.717, 1.165) is 11.4 Å². The molecule has 0 fully saturated rings. The van der Waals surface area contributed by atoms with Crippen molar-refractivity contribution in [3.05, 3.63) is 53.3 Å². The maximum Gasteiger partial charge on any atom is 0.338 e. The van der Waals surface area contributed by atoms with Crippen LogP contribution in [0.3, 0.4) is 0 Å². The average molecular weight is 328 g/mol. The second-order valence-corrected chi connectivity index (χ2v) is 6.06. The van der Waals surface area contributed by atoms with Crippen LogP contribution in [-0.4, -0.2) is 37.9 Å². The van der Waals surface area contributed by atoms with Crippen LogP contribution in [0.25, 0.3) is 5.78 Å². The largest absolute Gasteiger partial charge is 0.461 e. The molecular formula is C16H16N4O2S. The monoisotopic (exact) mass is 328 g/mol. The van der Waals surface area contributed by atoms with Gasteiger partial charge >= 0.3 is 5.97 Å². The third kappa shape index (κ3) is 3.68. The number of ether oxygens (including phenoxy) is 1. The second kappa shape index (κ2) is 6.78. The lowest BCUT2D eigenvalue weighted by Gasteiger charge is -2.03. The molecule has 1 aromatic carbocycles. The summed E-state index contributed by atoms with van der Waals surface area (Å²) in [6.45, 7) is 4.20. The first-order valence-electron chi connectivity index (χ1n) is 7.19. The Balaban J connectivity index is 1.55. The number of benzene rings is 1. The van der Waals surface area contributed by atoms with Crippen LogP contribution in [0.1, 0.15) is 21.7 Å². The van der Waals surface area contributed by atoms with Crippen LogP contribution in [0, 0.1) is 13.8 Å². The Morgan fingerprint density at radius 3 is 2.78 bits per heavy atom. The molecule has 0 aliphatic heterocycles. The number of carbonyl (C=O) groups is 1. The summed E-state index contributed by atoms with van der Waals surface area (Å²) in [6, 6.07) is 10.9. The lowest BCUT2D eigenvalue weighted by atomic mass is 10.2. The van der Waals surface area contributed by atoms with Gasteiger partial charge in [0.2, 0.25) is 5.16 Å². The van der Waals surface area contributed by atoms with Gasteiger partial charge in [-0.3, -0.25) is 0 Å². The molecule has 0 amide bonds. The highest BCUT2D eigenvalue weighted by molar-refractivity contribution is 7.99. The highest BCUT2D eigenvalue weighted by Crippen LogP contribution is 2.15. The minimum Gasteiger partial charge on any atom is -0.461 e.